The molecule has 1 saturated carbocycles. The number of rotatable bonds is 1. The molecule has 2 N–H and O–H groups in total. The second-order valence-electron chi connectivity index (χ2n) is 3.04. The molecule has 0 radical (unpaired) electrons. The van der Waals surface area contributed by atoms with Gasteiger partial charge in [0.2, 0.25) is 0 Å². The number of oxazole rings is 1. The van der Waals surface area contributed by atoms with Gasteiger partial charge in [0.05, 0.1) is 11.2 Å². The molecule has 11 heavy (non-hydrogen) atoms. The van der Waals surface area contributed by atoms with Crippen molar-refractivity contribution in [3.8, 4) is 0 Å². The summed E-state index contributed by atoms with van der Waals surface area (Å²) in [6.45, 7) is 1.91. The minimum absolute atomic E-state index is 0.205. The van der Waals surface area contributed by atoms with E-state index in [9.17, 15) is 0 Å². The number of nitrogens with zero attached hydrogens (tertiary/aromatic N) is 1. The van der Waals surface area contributed by atoms with E-state index in [0.717, 1.165) is 24.3 Å². The monoisotopic (exact) mass is 216 g/mol. The Labute approximate surface area is 73.1 Å². The number of aryl methyl sites for hydroxylation is 1. The Bertz CT molecular complexity index is 291. The molecule has 0 aliphatic heterocycles. The first-order valence-corrected chi connectivity index (χ1v) is 4.33. The summed E-state index contributed by atoms with van der Waals surface area (Å²) < 4.78 is 5.32. The summed E-state index contributed by atoms with van der Waals surface area (Å²) in [5.74, 6) is 0.837. The van der Waals surface area contributed by atoms with Gasteiger partial charge in [-0.25, -0.2) is 4.98 Å². The Morgan fingerprint density at radius 2 is 2.27 bits per heavy atom. The Morgan fingerprint density at radius 3 is 2.64 bits per heavy atom. The second kappa shape index (κ2) is 2.08. The average molecular weight is 217 g/mol. The molecule has 0 amide bonds. The zero-order valence-corrected chi connectivity index (χ0v) is 7.81. The summed E-state index contributed by atoms with van der Waals surface area (Å²) in [6, 6.07) is 0. The molecule has 0 spiro atoms. The summed E-state index contributed by atoms with van der Waals surface area (Å²) in [7, 11) is 0. The van der Waals surface area contributed by atoms with Gasteiger partial charge in [-0.3, -0.25) is 0 Å². The minimum atomic E-state index is -0.205. The summed E-state index contributed by atoms with van der Waals surface area (Å²) in [4.78, 5) is 4.62. The van der Waals surface area contributed by atoms with Gasteiger partial charge in [-0.1, -0.05) is 0 Å². The molecule has 4 heteroatoms. The third-order valence-electron chi connectivity index (χ3n) is 2.01. The van der Waals surface area contributed by atoms with Crippen molar-refractivity contribution in [2.24, 2.45) is 5.73 Å². The van der Waals surface area contributed by atoms with E-state index in [1.165, 1.54) is 0 Å². The normalized spacial score (nSPS) is 20.3. The molecule has 1 aliphatic carbocycles. The van der Waals surface area contributed by atoms with Crippen LogP contribution in [0.2, 0.25) is 0 Å². The maximum atomic E-state index is 5.93. The molecule has 1 aliphatic rings. The summed E-state index contributed by atoms with van der Waals surface area (Å²) in [5.41, 5.74) is 6.62. The fourth-order valence-electron chi connectivity index (χ4n) is 1.19. The van der Waals surface area contributed by atoms with E-state index in [0.29, 0.717) is 4.80 Å². The third kappa shape index (κ3) is 1.10. The van der Waals surface area contributed by atoms with Crippen molar-refractivity contribution in [1.82, 2.24) is 4.98 Å². The van der Waals surface area contributed by atoms with Crippen LogP contribution < -0.4 is 5.73 Å². The van der Waals surface area contributed by atoms with Crippen LogP contribution in [0.1, 0.15) is 24.3 Å². The van der Waals surface area contributed by atoms with E-state index >= 15 is 0 Å². The fraction of sp³-hybridized carbons (Fsp3) is 0.571. The van der Waals surface area contributed by atoms with E-state index in [1.54, 1.807) is 0 Å². The summed E-state index contributed by atoms with van der Waals surface area (Å²) >= 11 is 3.17. The van der Waals surface area contributed by atoms with Gasteiger partial charge < -0.3 is 10.2 Å². The van der Waals surface area contributed by atoms with Crippen molar-refractivity contribution in [2.75, 3.05) is 0 Å². The van der Waals surface area contributed by atoms with Crippen molar-refractivity contribution in [2.45, 2.75) is 25.3 Å². The molecular formula is C7H9BrN2O. The van der Waals surface area contributed by atoms with Crippen LogP contribution in [-0.2, 0) is 5.54 Å². The zero-order valence-electron chi connectivity index (χ0n) is 6.22. The molecular weight excluding hydrogens is 208 g/mol. The van der Waals surface area contributed by atoms with Gasteiger partial charge in [-0.15, -0.1) is 0 Å². The molecule has 0 unspecified atom stereocenters. The van der Waals surface area contributed by atoms with Crippen LogP contribution in [0.15, 0.2) is 9.22 Å². The molecule has 2 rings (SSSR count). The molecule has 0 saturated heterocycles. The number of halogens is 1. The lowest BCUT2D eigenvalue weighted by molar-refractivity contribution is 0.434. The largest absolute Gasteiger partial charge is 0.434 e. The minimum Gasteiger partial charge on any atom is -0.434 e. The van der Waals surface area contributed by atoms with Crippen LogP contribution in [0.3, 0.4) is 0 Å². The Kier molecular flexibility index (Phi) is 1.38. The first kappa shape index (κ1) is 7.31. The van der Waals surface area contributed by atoms with Crippen molar-refractivity contribution >= 4 is 15.9 Å². The number of hydrogen-bond acceptors (Lipinski definition) is 3. The van der Waals surface area contributed by atoms with Gasteiger partial charge in [0.25, 0.3) is 4.80 Å². The van der Waals surface area contributed by atoms with Gasteiger partial charge in [0.1, 0.15) is 5.76 Å². The van der Waals surface area contributed by atoms with Crippen LogP contribution in [0, 0.1) is 6.92 Å². The molecule has 1 aromatic heterocycles. The Balaban J connectivity index is 2.44. The van der Waals surface area contributed by atoms with Crippen LogP contribution in [-0.4, -0.2) is 4.98 Å². The van der Waals surface area contributed by atoms with Crippen molar-refractivity contribution in [3.05, 3.63) is 16.3 Å². The third-order valence-corrected chi connectivity index (χ3v) is 2.35. The van der Waals surface area contributed by atoms with Crippen LogP contribution in [0.25, 0.3) is 0 Å². The number of hydrogen-bond donors (Lipinski definition) is 1. The average Bonchev–Trinajstić information content (AvgIpc) is 2.55. The Hall–Kier alpha value is -0.350. The highest BCUT2D eigenvalue weighted by atomic mass is 79.9. The van der Waals surface area contributed by atoms with Crippen molar-refractivity contribution < 1.29 is 4.42 Å². The van der Waals surface area contributed by atoms with Gasteiger partial charge >= 0.3 is 0 Å². The van der Waals surface area contributed by atoms with E-state index in [4.69, 9.17) is 10.2 Å². The van der Waals surface area contributed by atoms with Crippen molar-refractivity contribution in [1.29, 1.82) is 0 Å². The molecule has 0 bridgehead atoms. The lowest BCUT2D eigenvalue weighted by atomic mass is 10.2. The topological polar surface area (TPSA) is 52.0 Å². The predicted octanol–water partition coefficient (Wildman–Crippen LogP) is 1.69. The number of nitrogens with two attached hydrogens (primary N) is 1. The van der Waals surface area contributed by atoms with E-state index in [2.05, 4.69) is 20.9 Å². The molecule has 3 nitrogen and oxygen atoms in total. The van der Waals surface area contributed by atoms with Crippen molar-refractivity contribution in [3.63, 3.8) is 0 Å². The molecule has 0 aromatic carbocycles. The van der Waals surface area contributed by atoms with Gasteiger partial charge in [-0.2, -0.15) is 0 Å². The van der Waals surface area contributed by atoms with Crippen LogP contribution in [0.4, 0.5) is 0 Å². The van der Waals surface area contributed by atoms with E-state index in [-0.39, 0.29) is 5.54 Å². The summed E-state index contributed by atoms with van der Waals surface area (Å²) in [5, 5.41) is 0. The lowest BCUT2D eigenvalue weighted by Crippen LogP contribution is -2.18. The molecule has 0 atom stereocenters. The Morgan fingerprint density at radius 1 is 1.64 bits per heavy atom. The quantitative estimate of drug-likeness (QED) is 0.778. The lowest BCUT2D eigenvalue weighted by Gasteiger charge is -2.02. The van der Waals surface area contributed by atoms with Crippen LogP contribution in [0.5, 0.6) is 0 Å². The standard InChI is InChI=1S/C7H9BrN2O/c1-4-5(7(9)2-3-7)11-6(8)10-4/h2-3,9H2,1H3. The van der Waals surface area contributed by atoms with Gasteiger partial charge in [-0.05, 0) is 19.8 Å². The molecule has 60 valence electrons. The van der Waals surface area contributed by atoms with Crippen LogP contribution >= 0.6 is 15.9 Å². The summed E-state index contributed by atoms with van der Waals surface area (Å²) in [6.07, 6.45) is 2.02. The molecule has 1 heterocycles. The highest BCUT2D eigenvalue weighted by molar-refractivity contribution is 9.10. The smallest absolute Gasteiger partial charge is 0.264 e. The first-order chi connectivity index (χ1) is 5.12. The fourth-order valence-corrected chi connectivity index (χ4v) is 1.62. The number of aromatic nitrogens is 1. The maximum absolute atomic E-state index is 5.93. The van der Waals surface area contributed by atoms with E-state index in [1.807, 2.05) is 6.92 Å². The zero-order chi connectivity index (χ0) is 8.06. The van der Waals surface area contributed by atoms with E-state index < -0.39 is 0 Å². The highest BCUT2D eigenvalue weighted by Gasteiger charge is 2.44. The SMILES string of the molecule is Cc1nc(Br)oc1C1(N)CC1. The predicted molar refractivity (Wildman–Crippen MR) is 44.0 cm³/mol. The maximum Gasteiger partial charge on any atom is 0.264 e. The molecule has 1 aromatic rings. The molecule has 1 fully saturated rings. The van der Waals surface area contributed by atoms with Gasteiger partial charge in [0, 0.05) is 15.9 Å². The first-order valence-electron chi connectivity index (χ1n) is 3.54. The highest BCUT2D eigenvalue weighted by Crippen LogP contribution is 2.44. The second-order valence-corrected chi connectivity index (χ2v) is 3.72. The van der Waals surface area contributed by atoms with Gasteiger partial charge in [0.15, 0.2) is 0 Å².